The van der Waals surface area contributed by atoms with Crippen LogP contribution in [0.25, 0.3) is 43.1 Å². The van der Waals surface area contributed by atoms with Gasteiger partial charge in [0.1, 0.15) is 0 Å². The van der Waals surface area contributed by atoms with Gasteiger partial charge in [0.2, 0.25) is 0 Å². The number of H-pyrrole nitrogens is 1. The average molecular weight is 363 g/mol. The van der Waals surface area contributed by atoms with Crippen LogP contribution < -0.4 is 5.73 Å². The first kappa shape index (κ1) is 16.7. The van der Waals surface area contributed by atoms with Gasteiger partial charge >= 0.3 is 0 Å². The van der Waals surface area contributed by atoms with Gasteiger partial charge in [-0.3, -0.25) is 0 Å². The van der Waals surface area contributed by atoms with Crippen LogP contribution in [0.15, 0.2) is 85.3 Å². The molecule has 136 valence electrons. The molecule has 0 amide bonds. The summed E-state index contributed by atoms with van der Waals surface area (Å²) in [6, 6.07) is 26.4. The van der Waals surface area contributed by atoms with Gasteiger partial charge in [-0.05, 0) is 49.6 Å². The molecule has 0 unspecified atom stereocenters. The minimum absolute atomic E-state index is 0.671. The lowest BCUT2D eigenvalue weighted by Gasteiger charge is -2.13. The number of nitrogens with two attached hydrogens (primary N) is 1. The molecule has 3 nitrogen and oxygen atoms in total. The molecule has 1 aromatic heterocycles. The molecule has 0 spiro atoms. The van der Waals surface area contributed by atoms with E-state index >= 15 is 0 Å². The van der Waals surface area contributed by atoms with Gasteiger partial charge in [0.15, 0.2) is 0 Å². The second-order valence-electron chi connectivity index (χ2n) is 7.02. The lowest BCUT2D eigenvalue weighted by Crippen LogP contribution is -2.02. The summed E-state index contributed by atoms with van der Waals surface area (Å²) >= 11 is 0. The number of aromatic nitrogens is 2. The number of fused-ring (bicyclic) bond motifs is 2. The highest BCUT2D eigenvalue weighted by atomic mass is 14.9. The maximum Gasteiger partial charge on any atom is 0.0923 e. The van der Waals surface area contributed by atoms with Crippen molar-refractivity contribution in [3.05, 3.63) is 91.0 Å². The van der Waals surface area contributed by atoms with E-state index in [1.54, 1.807) is 6.33 Å². The Hall–Kier alpha value is -3.43. The summed E-state index contributed by atoms with van der Waals surface area (Å²) in [5.74, 6) is 0. The van der Waals surface area contributed by atoms with Crippen molar-refractivity contribution >= 4 is 43.1 Å². The summed E-state index contributed by atoms with van der Waals surface area (Å²) in [6.45, 7) is 0.671. The minimum atomic E-state index is 0.671. The number of hydrogen-bond donors (Lipinski definition) is 2. The first-order chi connectivity index (χ1) is 13.9. The normalized spacial score (nSPS) is 11.3. The molecular weight excluding hydrogens is 342 g/mol. The van der Waals surface area contributed by atoms with E-state index in [1.807, 2.05) is 6.20 Å². The first-order valence-electron chi connectivity index (χ1n) is 9.59. The first-order valence-corrected chi connectivity index (χ1v) is 9.59. The molecule has 0 aliphatic heterocycles. The van der Waals surface area contributed by atoms with E-state index in [9.17, 15) is 0 Å². The quantitative estimate of drug-likeness (QED) is 0.309. The number of aromatic amines is 1. The van der Waals surface area contributed by atoms with Crippen molar-refractivity contribution in [1.29, 1.82) is 0 Å². The number of rotatable bonds is 2. The molecule has 0 bridgehead atoms. The Labute approximate surface area is 163 Å². The highest BCUT2D eigenvalue weighted by Crippen LogP contribution is 2.39. The zero-order valence-electron chi connectivity index (χ0n) is 15.5. The lowest BCUT2D eigenvalue weighted by atomic mass is 9.90. The smallest absolute Gasteiger partial charge is 0.0923 e. The Balaban J connectivity index is 0.000000181. The predicted molar refractivity (Wildman–Crippen MR) is 119 cm³/mol. The second kappa shape index (κ2) is 6.95. The molecule has 0 atom stereocenters. The Bertz CT molecular complexity index is 1200. The van der Waals surface area contributed by atoms with Crippen LogP contribution in [0.2, 0.25) is 0 Å². The van der Waals surface area contributed by atoms with E-state index in [2.05, 4.69) is 82.8 Å². The van der Waals surface area contributed by atoms with Gasteiger partial charge in [0, 0.05) is 12.6 Å². The minimum Gasteiger partial charge on any atom is -0.351 e. The van der Waals surface area contributed by atoms with E-state index in [0.717, 1.165) is 12.1 Å². The third-order valence-corrected chi connectivity index (χ3v) is 5.35. The Morgan fingerprint density at radius 1 is 0.679 bits per heavy atom. The van der Waals surface area contributed by atoms with Crippen LogP contribution in [0.3, 0.4) is 0 Å². The maximum atomic E-state index is 5.27. The topological polar surface area (TPSA) is 54.7 Å². The number of nitrogens with one attached hydrogen (secondary N) is 1. The fraction of sp³-hybridized carbons (Fsp3) is 0.0800. The van der Waals surface area contributed by atoms with Crippen LogP contribution in [0, 0.1) is 0 Å². The Kier molecular flexibility index (Phi) is 4.15. The van der Waals surface area contributed by atoms with Crippen molar-refractivity contribution in [3.63, 3.8) is 0 Å². The van der Waals surface area contributed by atoms with E-state index < -0.39 is 0 Å². The van der Waals surface area contributed by atoms with Gasteiger partial charge in [-0.2, -0.15) is 0 Å². The van der Waals surface area contributed by atoms with Crippen molar-refractivity contribution < 1.29 is 0 Å². The summed E-state index contributed by atoms with van der Waals surface area (Å²) in [5.41, 5.74) is 6.30. The van der Waals surface area contributed by atoms with Crippen molar-refractivity contribution in [2.24, 2.45) is 5.73 Å². The van der Waals surface area contributed by atoms with Crippen LogP contribution in [-0.2, 0) is 6.42 Å². The molecule has 1 heterocycles. The Morgan fingerprint density at radius 3 is 1.50 bits per heavy atom. The molecule has 28 heavy (non-hydrogen) atoms. The molecule has 0 aliphatic rings. The molecule has 0 fully saturated rings. The summed E-state index contributed by atoms with van der Waals surface area (Å²) in [5, 5.41) is 10.9. The number of hydrogen-bond acceptors (Lipinski definition) is 2. The van der Waals surface area contributed by atoms with Gasteiger partial charge in [-0.1, -0.05) is 72.8 Å². The van der Waals surface area contributed by atoms with Crippen molar-refractivity contribution in [3.8, 4) is 0 Å². The molecule has 6 rings (SSSR count). The summed E-state index contributed by atoms with van der Waals surface area (Å²) in [6.07, 6.45) is 4.38. The van der Waals surface area contributed by atoms with Gasteiger partial charge in [-0.25, -0.2) is 4.98 Å². The monoisotopic (exact) mass is 363 g/mol. The summed E-state index contributed by atoms with van der Waals surface area (Å²) in [7, 11) is 0. The average Bonchev–Trinajstić information content (AvgIpc) is 3.26. The van der Waals surface area contributed by atoms with Gasteiger partial charge in [-0.15, -0.1) is 0 Å². The lowest BCUT2D eigenvalue weighted by molar-refractivity contribution is 0.935. The number of benzene rings is 5. The molecule has 3 N–H and O–H groups in total. The second-order valence-corrected chi connectivity index (χ2v) is 7.02. The highest BCUT2D eigenvalue weighted by molar-refractivity contribution is 6.32. The van der Waals surface area contributed by atoms with Crippen molar-refractivity contribution in [2.45, 2.75) is 6.42 Å². The molecule has 5 aromatic carbocycles. The van der Waals surface area contributed by atoms with E-state index in [-0.39, 0.29) is 0 Å². The summed E-state index contributed by atoms with van der Waals surface area (Å²) < 4.78 is 0. The number of imidazole rings is 1. The molecule has 0 radical (unpaired) electrons. The van der Waals surface area contributed by atoms with Gasteiger partial charge in [0.05, 0.1) is 12.0 Å². The molecular formula is C25H21N3. The Morgan fingerprint density at radius 2 is 1.14 bits per heavy atom. The van der Waals surface area contributed by atoms with Gasteiger partial charge in [0.25, 0.3) is 0 Å². The molecule has 0 saturated heterocycles. The van der Waals surface area contributed by atoms with E-state index in [1.165, 1.54) is 43.1 Å². The van der Waals surface area contributed by atoms with Crippen molar-refractivity contribution in [1.82, 2.24) is 9.97 Å². The van der Waals surface area contributed by atoms with Crippen LogP contribution in [0.4, 0.5) is 0 Å². The standard InChI is InChI=1S/C20H12.C5H9N3/c1-5-13-6-2-11-17-18-12-4-8-14-7-3-10-16(20(14)18)15(9-1)19(13)17;6-2-1-5-3-7-4-8-5/h1-12H;3-4H,1-2,6H2,(H,7,8). The van der Waals surface area contributed by atoms with Gasteiger partial charge < -0.3 is 10.7 Å². The molecule has 0 aliphatic carbocycles. The largest absolute Gasteiger partial charge is 0.351 e. The molecule has 6 aromatic rings. The fourth-order valence-electron chi connectivity index (χ4n) is 4.16. The van der Waals surface area contributed by atoms with E-state index in [0.29, 0.717) is 6.54 Å². The van der Waals surface area contributed by atoms with E-state index in [4.69, 9.17) is 5.73 Å². The molecule has 3 heteroatoms. The number of nitrogens with zero attached hydrogens (tertiary/aromatic N) is 1. The van der Waals surface area contributed by atoms with Crippen LogP contribution >= 0.6 is 0 Å². The molecule has 0 saturated carbocycles. The third-order valence-electron chi connectivity index (χ3n) is 5.35. The maximum absolute atomic E-state index is 5.27. The van der Waals surface area contributed by atoms with Crippen LogP contribution in [0.5, 0.6) is 0 Å². The van der Waals surface area contributed by atoms with Crippen molar-refractivity contribution in [2.75, 3.05) is 6.54 Å². The highest BCUT2D eigenvalue weighted by Gasteiger charge is 2.11. The zero-order valence-corrected chi connectivity index (χ0v) is 15.5. The fourth-order valence-corrected chi connectivity index (χ4v) is 4.16. The van der Waals surface area contributed by atoms with Crippen LogP contribution in [-0.4, -0.2) is 16.5 Å². The third kappa shape index (κ3) is 2.68. The zero-order chi connectivity index (χ0) is 18.9. The van der Waals surface area contributed by atoms with Crippen LogP contribution in [0.1, 0.15) is 5.69 Å². The summed E-state index contributed by atoms with van der Waals surface area (Å²) in [4.78, 5) is 6.82. The SMILES string of the molecule is NCCc1c[nH]cn1.c1cc2cccc3c4cccc5cccc(c(c1)c23)c54. The predicted octanol–water partition coefficient (Wildman–Crippen LogP) is 5.65.